The normalized spacial score (nSPS) is 16.0. The Hall–Kier alpha value is -2.09. The molecule has 1 N–H and O–H groups in total. The van der Waals surface area contributed by atoms with Crippen LogP contribution in [0.5, 0.6) is 0 Å². The fraction of sp³-hybridized carbons (Fsp3) is 0.222. The molecule has 0 aromatic heterocycles. The van der Waals surface area contributed by atoms with E-state index in [1.165, 1.54) is 0 Å². The van der Waals surface area contributed by atoms with Crippen LogP contribution in [0.3, 0.4) is 0 Å². The van der Waals surface area contributed by atoms with Crippen LogP contribution in [0.25, 0.3) is 11.1 Å². The number of benzene rings is 2. The maximum atomic E-state index is 9.08. The fourth-order valence-electron chi connectivity index (χ4n) is 2.79. The molecule has 3 rings (SSSR count). The molecule has 0 amide bonds. The molecule has 1 aliphatic heterocycles. The van der Waals surface area contributed by atoms with Gasteiger partial charge in [0.15, 0.2) is 0 Å². The Bertz CT molecular complexity index is 813. The molecule has 1 unspecified atom stereocenters. The standard InChI is InChI=1S/C18H15ClN2OS/c1-2-4-15-16-14(21-18(23)22-15)8-7-13(17(16)19)12-6-3-5-11(9-12)10-20/h3,5-9,15H,2,4H2,1H3,(H,21,23). The van der Waals surface area contributed by atoms with Gasteiger partial charge < -0.3 is 10.1 Å². The molecule has 116 valence electrons. The van der Waals surface area contributed by atoms with E-state index in [1.807, 2.05) is 30.3 Å². The third-order valence-corrected chi connectivity index (χ3v) is 4.45. The number of thiocarbonyl (C=S) groups is 1. The molecule has 2 aromatic carbocycles. The van der Waals surface area contributed by atoms with E-state index < -0.39 is 0 Å². The molecule has 0 aliphatic carbocycles. The molecule has 1 aliphatic rings. The third-order valence-electron chi connectivity index (χ3n) is 3.84. The molecule has 1 atom stereocenters. The molecule has 5 heteroatoms. The van der Waals surface area contributed by atoms with E-state index in [0.717, 1.165) is 35.2 Å². The molecule has 23 heavy (non-hydrogen) atoms. The first-order valence-corrected chi connectivity index (χ1v) is 8.23. The average molecular weight is 343 g/mol. The molecule has 0 saturated heterocycles. The van der Waals surface area contributed by atoms with Crippen LogP contribution in [-0.4, -0.2) is 5.17 Å². The number of nitrogens with one attached hydrogen (secondary N) is 1. The monoisotopic (exact) mass is 342 g/mol. The number of nitrogens with zero attached hydrogens (tertiary/aromatic N) is 1. The van der Waals surface area contributed by atoms with E-state index in [-0.39, 0.29) is 6.10 Å². The second-order valence-corrected chi connectivity index (χ2v) is 6.14. The zero-order valence-electron chi connectivity index (χ0n) is 12.6. The van der Waals surface area contributed by atoms with Crippen molar-refractivity contribution in [1.29, 1.82) is 5.26 Å². The van der Waals surface area contributed by atoms with Crippen LogP contribution in [0.15, 0.2) is 36.4 Å². The molecule has 2 aromatic rings. The van der Waals surface area contributed by atoms with Gasteiger partial charge in [-0.2, -0.15) is 5.26 Å². The second kappa shape index (κ2) is 6.57. The Kier molecular flexibility index (Phi) is 4.51. The molecule has 0 bridgehead atoms. The predicted molar refractivity (Wildman–Crippen MR) is 96.6 cm³/mol. The lowest BCUT2D eigenvalue weighted by atomic mass is 9.95. The van der Waals surface area contributed by atoms with Crippen LogP contribution in [0.2, 0.25) is 5.02 Å². The number of hydrogen-bond donors (Lipinski definition) is 1. The first-order valence-electron chi connectivity index (χ1n) is 7.44. The Morgan fingerprint density at radius 2 is 2.17 bits per heavy atom. The second-order valence-electron chi connectivity index (χ2n) is 5.39. The number of hydrogen-bond acceptors (Lipinski definition) is 3. The summed E-state index contributed by atoms with van der Waals surface area (Å²) in [6.07, 6.45) is 1.67. The van der Waals surface area contributed by atoms with E-state index in [2.05, 4.69) is 18.3 Å². The maximum Gasteiger partial charge on any atom is 0.261 e. The summed E-state index contributed by atoms with van der Waals surface area (Å²) in [5, 5.41) is 13.2. The largest absolute Gasteiger partial charge is 0.462 e. The minimum atomic E-state index is -0.143. The summed E-state index contributed by atoms with van der Waals surface area (Å²) in [4.78, 5) is 0. The van der Waals surface area contributed by atoms with Crippen molar-refractivity contribution in [1.82, 2.24) is 0 Å². The maximum absolute atomic E-state index is 9.08. The molecule has 0 saturated carbocycles. The van der Waals surface area contributed by atoms with E-state index in [0.29, 0.717) is 15.8 Å². The summed E-state index contributed by atoms with van der Waals surface area (Å²) in [6.45, 7) is 2.10. The van der Waals surface area contributed by atoms with Gasteiger partial charge in [0.1, 0.15) is 6.10 Å². The van der Waals surface area contributed by atoms with Crippen molar-refractivity contribution >= 4 is 34.7 Å². The van der Waals surface area contributed by atoms with Gasteiger partial charge in [0.25, 0.3) is 5.17 Å². The first-order chi connectivity index (χ1) is 11.1. The third kappa shape index (κ3) is 3.03. The van der Waals surface area contributed by atoms with Crippen LogP contribution in [-0.2, 0) is 4.74 Å². The summed E-state index contributed by atoms with van der Waals surface area (Å²) in [6, 6.07) is 13.5. The molecular formula is C18H15ClN2OS. The Morgan fingerprint density at radius 3 is 2.91 bits per heavy atom. The van der Waals surface area contributed by atoms with Crippen molar-refractivity contribution in [2.45, 2.75) is 25.9 Å². The van der Waals surface area contributed by atoms with Gasteiger partial charge in [0, 0.05) is 11.1 Å². The predicted octanol–water partition coefficient (Wildman–Crippen LogP) is 5.45. The van der Waals surface area contributed by atoms with Gasteiger partial charge in [-0.1, -0.05) is 43.1 Å². The Labute approximate surface area is 145 Å². The van der Waals surface area contributed by atoms with Crippen molar-refractivity contribution in [3.05, 3.63) is 52.5 Å². The lowest BCUT2D eigenvalue weighted by molar-refractivity contribution is 0.181. The highest BCUT2D eigenvalue weighted by molar-refractivity contribution is 7.80. The number of nitriles is 1. The van der Waals surface area contributed by atoms with Crippen LogP contribution in [0.1, 0.15) is 37.0 Å². The molecule has 0 radical (unpaired) electrons. The minimum absolute atomic E-state index is 0.143. The molecule has 3 nitrogen and oxygen atoms in total. The zero-order valence-corrected chi connectivity index (χ0v) is 14.2. The van der Waals surface area contributed by atoms with Crippen LogP contribution in [0.4, 0.5) is 5.69 Å². The van der Waals surface area contributed by atoms with Crippen molar-refractivity contribution in [3.63, 3.8) is 0 Å². The highest BCUT2D eigenvalue weighted by atomic mass is 35.5. The highest BCUT2D eigenvalue weighted by Crippen LogP contribution is 2.43. The van der Waals surface area contributed by atoms with Crippen LogP contribution in [0, 0.1) is 11.3 Å². The van der Waals surface area contributed by atoms with Gasteiger partial charge in [-0.25, -0.2) is 0 Å². The minimum Gasteiger partial charge on any atom is -0.462 e. The lowest BCUT2D eigenvalue weighted by Crippen LogP contribution is -2.24. The van der Waals surface area contributed by atoms with Crippen molar-refractivity contribution in [2.24, 2.45) is 0 Å². The molecule has 0 spiro atoms. The summed E-state index contributed by atoms with van der Waals surface area (Å²) in [5.74, 6) is 0. The number of fused-ring (bicyclic) bond motifs is 1. The summed E-state index contributed by atoms with van der Waals surface area (Å²) in [7, 11) is 0. The Balaban J connectivity index is 2.13. The van der Waals surface area contributed by atoms with Gasteiger partial charge in [0.05, 0.1) is 22.3 Å². The van der Waals surface area contributed by atoms with Crippen LogP contribution < -0.4 is 5.32 Å². The van der Waals surface area contributed by atoms with Gasteiger partial charge in [-0.15, -0.1) is 0 Å². The number of anilines is 1. The van der Waals surface area contributed by atoms with Gasteiger partial charge in [-0.05, 0) is 42.4 Å². The number of rotatable bonds is 3. The fourth-order valence-corrected chi connectivity index (χ4v) is 3.41. The van der Waals surface area contributed by atoms with E-state index >= 15 is 0 Å². The van der Waals surface area contributed by atoms with Crippen LogP contribution >= 0.6 is 23.8 Å². The zero-order chi connectivity index (χ0) is 16.4. The SMILES string of the molecule is CCCC1OC(=S)Nc2ccc(-c3cccc(C#N)c3)c(Cl)c21. The molecular weight excluding hydrogens is 328 g/mol. The topological polar surface area (TPSA) is 45.0 Å². The number of halogens is 1. The first kappa shape index (κ1) is 15.8. The van der Waals surface area contributed by atoms with Crippen molar-refractivity contribution in [3.8, 4) is 17.2 Å². The smallest absolute Gasteiger partial charge is 0.261 e. The Morgan fingerprint density at radius 1 is 1.35 bits per heavy atom. The van der Waals surface area contributed by atoms with Crippen molar-refractivity contribution in [2.75, 3.05) is 5.32 Å². The highest BCUT2D eigenvalue weighted by Gasteiger charge is 2.27. The van der Waals surface area contributed by atoms with Gasteiger partial charge >= 0.3 is 0 Å². The summed E-state index contributed by atoms with van der Waals surface area (Å²) >= 11 is 11.9. The average Bonchev–Trinajstić information content (AvgIpc) is 2.55. The number of ether oxygens (including phenoxy) is 1. The van der Waals surface area contributed by atoms with Crippen molar-refractivity contribution < 1.29 is 4.74 Å². The van der Waals surface area contributed by atoms with Gasteiger partial charge in [-0.3, -0.25) is 0 Å². The molecule has 1 heterocycles. The van der Waals surface area contributed by atoms with E-state index in [4.69, 9.17) is 33.8 Å². The quantitative estimate of drug-likeness (QED) is 0.753. The van der Waals surface area contributed by atoms with E-state index in [9.17, 15) is 0 Å². The van der Waals surface area contributed by atoms with E-state index in [1.54, 1.807) is 6.07 Å². The lowest BCUT2D eigenvalue weighted by Gasteiger charge is -2.29. The van der Waals surface area contributed by atoms with Gasteiger partial charge in [0.2, 0.25) is 0 Å². The summed E-state index contributed by atoms with van der Waals surface area (Å²) < 4.78 is 5.75. The summed E-state index contributed by atoms with van der Waals surface area (Å²) in [5.41, 5.74) is 4.24. The molecule has 0 fully saturated rings.